The zero-order valence-electron chi connectivity index (χ0n) is 16.7. The number of nitrogens with one attached hydrogen (secondary N) is 3. The van der Waals surface area contributed by atoms with E-state index in [1.165, 1.54) is 6.42 Å². The van der Waals surface area contributed by atoms with Crippen LogP contribution in [-0.2, 0) is 0 Å². The monoisotopic (exact) mass is 464 g/mol. The molecular formula is C20H25ClN6O3S. The molecule has 3 aromatic heterocycles. The lowest BCUT2D eigenvalue weighted by Crippen LogP contribution is -3.00. The van der Waals surface area contributed by atoms with Crippen LogP contribution in [0.1, 0.15) is 25.7 Å². The highest BCUT2D eigenvalue weighted by Crippen LogP contribution is 2.36. The van der Waals surface area contributed by atoms with E-state index in [1.807, 2.05) is 18.5 Å². The van der Waals surface area contributed by atoms with Gasteiger partial charge in [0.2, 0.25) is 5.95 Å². The Hall–Kier alpha value is -2.11. The molecule has 2 fully saturated rings. The molecule has 0 radical (unpaired) electrons. The van der Waals surface area contributed by atoms with Gasteiger partial charge in [-0.25, -0.2) is 15.0 Å². The van der Waals surface area contributed by atoms with Gasteiger partial charge >= 0.3 is 0 Å². The van der Waals surface area contributed by atoms with Crippen molar-refractivity contribution in [3.63, 3.8) is 0 Å². The summed E-state index contributed by atoms with van der Waals surface area (Å²) in [4.78, 5) is 16.9. The van der Waals surface area contributed by atoms with Crippen LogP contribution in [0, 0.1) is 5.92 Å². The second-order valence-corrected chi connectivity index (χ2v) is 9.08. The normalized spacial score (nSPS) is 25.8. The van der Waals surface area contributed by atoms with Crippen LogP contribution in [0.4, 0.5) is 11.8 Å². The first kappa shape index (κ1) is 22.1. The predicted molar refractivity (Wildman–Crippen MR) is 113 cm³/mol. The minimum absolute atomic E-state index is 0. The number of hydrogen-bond donors (Lipinski definition) is 5. The fraction of sp³-hybridized carbons (Fsp3) is 0.500. The lowest BCUT2D eigenvalue weighted by Gasteiger charge is -2.27. The van der Waals surface area contributed by atoms with Gasteiger partial charge in [0, 0.05) is 30.8 Å². The van der Waals surface area contributed by atoms with E-state index < -0.39 is 18.2 Å². The number of thiazole rings is 1. The van der Waals surface area contributed by atoms with Gasteiger partial charge in [-0.1, -0.05) is 0 Å². The van der Waals surface area contributed by atoms with Gasteiger partial charge in [-0.2, -0.15) is 4.98 Å². The Morgan fingerprint density at radius 2 is 2.00 bits per heavy atom. The first-order chi connectivity index (χ1) is 14.6. The van der Waals surface area contributed by atoms with Crippen molar-refractivity contribution in [2.45, 2.75) is 50.0 Å². The maximum atomic E-state index is 10.5. The molecule has 31 heavy (non-hydrogen) atoms. The molecule has 166 valence electrons. The fourth-order valence-electron chi connectivity index (χ4n) is 4.01. The summed E-state index contributed by atoms with van der Waals surface area (Å²) in [6.45, 7) is -0.171. The number of rotatable bonds is 6. The molecule has 0 aromatic carbocycles. The Morgan fingerprint density at radius 3 is 2.68 bits per heavy atom. The van der Waals surface area contributed by atoms with E-state index in [2.05, 4.69) is 25.6 Å². The van der Waals surface area contributed by atoms with Gasteiger partial charge in [0.1, 0.15) is 22.4 Å². The number of hydrogen-bond acceptors (Lipinski definition) is 9. The first-order valence-electron chi connectivity index (χ1n) is 10.3. The Morgan fingerprint density at radius 1 is 1.16 bits per heavy atom. The minimum Gasteiger partial charge on any atom is -1.00 e. The number of aliphatic hydroxyl groups is 3. The first-order valence-corrected chi connectivity index (χ1v) is 11.1. The Bertz CT molecular complexity index is 1020. The molecule has 9 nitrogen and oxygen atoms in total. The molecule has 0 spiro atoms. The molecule has 3 aromatic rings. The van der Waals surface area contributed by atoms with Crippen molar-refractivity contribution in [3.05, 3.63) is 24.7 Å². The van der Waals surface area contributed by atoms with Gasteiger partial charge in [0.25, 0.3) is 0 Å². The summed E-state index contributed by atoms with van der Waals surface area (Å²) in [6.07, 6.45) is 7.36. The lowest BCUT2D eigenvalue weighted by molar-refractivity contribution is -0.376. The van der Waals surface area contributed by atoms with Crippen molar-refractivity contribution in [1.29, 1.82) is 0 Å². The van der Waals surface area contributed by atoms with Gasteiger partial charge in [0.15, 0.2) is 12.4 Å². The fourth-order valence-corrected chi connectivity index (χ4v) is 4.97. The van der Waals surface area contributed by atoms with Crippen LogP contribution in [0.3, 0.4) is 0 Å². The number of pyridine rings is 1. The largest absolute Gasteiger partial charge is 1.00 e. The van der Waals surface area contributed by atoms with Crippen molar-refractivity contribution in [2.75, 3.05) is 17.2 Å². The lowest BCUT2D eigenvalue weighted by atomic mass is 9.93. The zero-order chi connectivity index (χ0) is 20.7. The quantitative estimate of drug-likeness (QED) is 0.284. The summed E-state index contributed by atoms with van der Waals surface area (Å²) in [5, 5.41) is 37.6. The van der Waals surface area contributed by atoms with E-state index in [-0.39, 0.29) is 24.9 Å². The summed E-state index contributed by atoms with van der Waals surface area (Å²) < 4.78 is 1.04. The van der Waals surface area contributed by atoms with Gasteiger partial charge in [-0.05, 0) is 25.7 Å². The van der Waals surface area contributed by atoms with Crippen LogP contribution >= 0.6 is 11.3 Å². The molecule has 0 saturated heterocycles. The Labute approximate surface area is 189 Å². The molecule has 2 saturated carbocycles. The highest BCUT2D eigenvalue weighted by Gasteiger charge is 2.41. The number of aliphatic hydroxyl groups excluding tert-OH is 3. The van der Waals surface area contributed by atoms with Gasteiger partial charge in [0.05, 0.1) is 22.4 Å². The van der Waals surface area contributed by atoms with Gasteiger partial charge in [-0.15, -0.1) is 11.3 Å². The van der Waals surface area contributed by atoms with E-state index in [0.717, 1.165) is 33.6 Å². The molecule has 2 aliphatic carbocycles. The molecule has 5 rings (SSSR count). The van der Waals surface area contributed by atoms with Crippen LogP contribution in [0.25, 0.3) is 20.8 Å². The van der Waals surface area contributed by atoms with Crippen LogP contribution in [0.2, 0.25) is 0 Å². The highest BCUT2D eigenvalue weighted by molar-refractivity contribution is 7.21. The average Bonchev–Trinajstić information content (AvgIpc) is 3.27. The zero-order valence-corrected chi connectivity index (χ0v) is 18.3. The third kappa shape index (κ3) is 4.31. The van der Waals surface area contributed by atoms with Crippen molar-refractivity contribution >= 4 is 33.3 Å². The van der Waals surface area contributed by atoms with E-state index in [4.69, 9.17) is 4.98 Å². The highest BCUT2D eigenvalue weighted by atomic mass is 35.5. The SMILES string of the molecule is OC[C@H]1C[C@@H](Nc2nc(NC3CCC3)ncc2-c2nc3c[nH+]ccc3s2)[C@H](O)[C@@H]1O.[Cl-]. The van der Waals surface area contributed by atoms with Gasteiger partial charge < -0.3 is 38.4 Å². The number of H-pyrrole nitrogens is 1. The van der Waals surface area contributed by atoms with E-state index >= 15 is 0 Å². The smallest absolute Gasteiger partial charge is 0.224 e. The summed E-state index contributed by atoms with van der Waals surface area (Å²) in [6, 6.07) is 1.93. The number of aromatic amines is 1. The third-order valence-corrected chi connectivity index (χ3v) is 7.12. The maximum Gasteiger partial charge on any atom is 0.224 e. The minimum atomic E-state index is -0.988. The topological polar surface area (TPSA) is 138 Å². The van der Waals surface area contributed by atoms with Crippen LogP contribution in [-0.4, -0.2) is 61.2 Å². The second-order valence-electron chi connectivity index (χ2n) is 8.05. The molecule has 2 aliphatic rings. The summed E-state index contributed by atoms with van der Waals surface area (Å²) in [7, 11) is 0. The molecule has 0 unspecified atom stereocenters. The van der Waals surface area contributed by atoms with Crippen molar-refractivity contribution in [2.24, 2.45) is 5.92 Å². The van der Waals surface area contributed by atoms with Crippen molar-refractivity contribution in [3.8, 4) is 10.6 Å². The molecule has 11 heteroatoms. The standard InChI is InChI=1S/C20H24N6O3S.ClH/c27-9-10-6-13(17(29)16(10)28)24-18-12(7-22-20(26-18)23-11-2-1-3-11)19-25-14-8-21-5-4-15(14)30-19;/h4-5,7-8,10-11,13,16-17,27-29H,1-3,6,9H2,(H2,22,23,24,26);1H/t10-,13-,16-,17+;/m1./s1. The van der Waals surface area contributed by atoms with Crippen LogP contribution < -0.4 is 28.0 Å². The van der Waals surface area contributed by atoms with Gasteiger partial charge in [-0.3, -0.25) is 0 Å². The van der Waals surface area contributed by atoms with Crippen molar-refractivity contribution < 1.29 is 32.7 Å². The Balaban J connectivity index is 0.00000231. The average molecular weight is 465 g/mol. The molecule has 0 amide bonds. The number of aromatic nitrogens is 4. The molecule has 3 heterocycles. The van der Waals surface area contributed by atoms with E-state index in [0.29, 0.717) is 24.2 Å². The summed E-state index contributed by atoms with van der Waals surface area (Å²) in [5.41, 5.74) is 1.60. The maximum absolute atomic E-state index is 10.5. The number of halogens is 1. The molecule has 6 N–H and O–H groups in total. The third-order valence-electron chi connectivity index (χ3n) is 6.05. The number of fused-ring (bicyclic) bond motifs is 1. The Kier molecular flexibility index (Phi) is 6.54. The van der Waals surface area contributed by atoms with Crippen molar-refractivity contribution in [1.82, 2.24) is 15.0 Å². The summed E-state index contributed by atoms with van der Waals surface area (Å²) >= 11 is 1.54. The van der Waals surface area contributed by atoms with E-state index in [1.54, 1.807) is 17.5 Å². The molecule has 0 bridgehead atoms. The number of nitrogens with zero attached hydrogens (tertiary/aromatic N) is 3. The predicted octanol–water partition coefficient (Wildman–Crippen LogP) is -1.95. The van der Waals surface area contributed by atoms with E-state index in [9.17, 15) is 15.3 Å². The van der Waals surface area contributed by atoms with Crippen LogP contribution in [0.15, 0.2) is 24.7 Å². The molecular weight excluding hydrogens is 440 g/mol. The van der Waals surface area contributed by atoms with Crippen LogP contribution in [0.5, 0.6) is 0 Å². The summed E-state index contributed by atoms with van der Waals surface area (Å²) in [5.74, 6) is 0.727. The molecule has 4 atom stereocenters. The number of anilines is 2. The second kappa shape index (κ2) is 9.17. The molecule has 0 aliphatic heterocycles.